The Morgan fingerprint density at radius 3 is 2.82 bits per heavy atom. The largest absolute Gasteiger partial charge is 0.377 e. The SMILES string of the molecule is CC(C)OCCNC(=O)c1ccc(Cl)cc1Br. The van der Waals surface area contributed by atoms with Crippen LogP contribution in [-0.2, 0) is 4.74 Å². The highest BCUT2D eigenvalue weighted by atomic mass is 79.9. The minimum Gasteiger partial charge on any atom is -0.377 e. The highest BCUT2D eigenvalue weighted by Crippen LogP contribution is 2.21. The van der Waals surface area contributed by atoms with E-state index in [9.17, 15) is 4.79 Å². The summed E-state index contributed by atoms with van der Waals surface area (Å²) in [4.78, 5) is 11.8. The molecule has 0 radical (unpaired) electrons. The number of rotatable bonds is 5. The third-order valence-corrected chi connectivity index (χ3v) is 2.91. The van der Waals surface area contributed by atoms with E-state index < -0.39 is 0 Å². The smallest absolute Gasteiger partial charge is 0.252 e. The van der Waals surface area contributed by atoms with Crippen LogP contribution >= 0.6 is 27.5 Å². The second-order valence-electron chi connectivity index (χ2n) is 3.80. The van der Waals surface area contributed by atoms with Gasteiger partial charge in [0.15, 0.2) is 0 Å². The molecule has 0 spiro atoms. The van der Waals surface area contributed by atoms with Gasteiger partial charge in [-0.2, -0.15) is 0 Å². The molecule has 0 saturated carbocycles. The van der Waals surface area contributed by atoms with E-state index in [1.54, 1.807) is 18.2 Å². The molecule has 0 saturated heterocycles. The van der Waals surface area contributed by atoms with Crippen molar-refractivity contribution in [2.75, 3.05) is 13.2 Å². The number of benzene rings is 1. The summed E-state index contributed by atoms with van der Waals surface area (Å²) in [5.74, 6) is -0.138. The van der Waals surface area contributed by atoms with Crippen molar-refractivity contribution in [2.24, 2.45) is 0 Å². The molecule has 1 rings (SSSR count). The van der Waals surface area contributed by atoms with E-state index in [1.165, 1.54) is 0 Å². The number of halogens is 2. The van der Waals surface area contributed by atoms with E-state index in [0.717, 1.165) is 0 Å². The molecule has 17 heavy (non-hydrogen) atoms. The number of nitrogens with one attached hydrogen (secondary N) is 1. The van der Waals surface area contributed by atoms with Gasteiger partial charge in [-0.15, -0.1) is 0 Å². The number of amides is 1. The van der Waals surface area contributed by atoms with Crippen molar-refractivity contribution >= 4 is 33.4 Å². The van der Waals surface area contributed by atoms with Crippen LogP contribution in [0.25, 0.3) is 0 Å². The van der Waals surface area contributed by atoms with Gasteiger partial charge < -0.3 is 10.1 Å². The lowest BCUT2D eigenvalue weighted by Crippen LogP contribution is -2.28. The molecule has 0 aliphatic carbocycles. The van der Waals surface area contributed by atoms with Crippen LogP contribution in [0.3, 0.4) is 0 Å². The fourth-order valence-corrected chi connectivity index (χ4v) is 2.09. The van der Waals surface area contributed by atoms with E-state index in [0.29, 0.717) is 28.2 Å². The molecule has 3 nitrogen and oxygen atoms in total. The zero-order chi connectivity index (χ0) is 12.8. The maximum Gasteiger partial charge on any atom is 0.252 e. The van der Waals surface area contributed by atoms with Gasteiger partial charge >= 0.3 is 0 Å². The van der Waals surface area contributed by atoms with Crippen molar-refractivity contribution in [1.29, 1.82) is 0 Å². The van der Waals surface area contributed by atoms with Gasteiger partial charge in [0, 0.05) is 16.0 Å². The zero-order valence-electron chi connectivity index (χ0n) is 9.80. The molecule has 0 aliphatic rings. The molecule has 5 heteroatoms. The highest BCUT2D eigenvalue weighted by Gasteiger charge is 2.09. The second-order valence-corrected chi connectivity index (χ2v) is 5.09. The fourth-order valence-electron chi connectivity index (χ4n) is 1.23. The van der Waals surface area contributed by atoms with Gasteiger partial charge in [0.2, 0.25) is 0 Å². The third kappa shape index (κ3) is 5.06. The van der Waals surface area contributed by atoms with Crippen LogP contribution in [0.4, 0.5) is 0 Å². The highest BCUT2D eigenvalue weighted by molar-refractivity contribution is 9.10. The van der Waals surface area contributed by atoms with Gasteiger partial charge in [-0.05, 0) is 48.0 Å². The summed E-state index contributed by atoms with van der Waals surface area (Å²) >= 11 is 9.10. The Morgan fingerprint density at radius 2 is 2.24 bits per heavy atom. The lowest BCUT2D eigenvalue weighted by molar-refractivity contribution is 0.0746. The van der Waals surface area contributed by atoms with Crippen LogP contribution in [0.15, 0.2) is 22.7 Å². The molecule has 1 N–H and O–H groups in total. The van der Waals surface area contributed by atoms with Crippen LogP contribution in [0.2, 0.25) is 5.02 Å². The van der Waals surface area contributed by atoms with Crippen molar-refractivity contribution in [3.05, 3.63) is 33.3 Å². The Hall–Kier alpha value is -0.580. The normalized spacial score (nSPS) is 10.6. The summed E-state index contributed by atoms with van der Waals surface area (Å²) in [5, 5.41) is 3.37. The molecule has 0 aromatic heterocycles. The molecule has 1 aromatic rings. The maximum absolute atomic E-state index is 11.8. The number of hydrogen-bond donors (Lipinski definition) is 1. The summed E-state index contributed by atoms with van der Waals surface area (Å²) in [6.07, 6.45) is 0.175. The summed E-state index contributed by atoms with van der Waals surface area (Å²) in [6.45, 7) is 4.91. The first-order valence-electron chi connectivity index (χ1n) is 5.35. The van der Waals surface area contributed by atoms with Crippen molar-refractivity contribution in [3.63, 3.8) is 0 Å². The first-order valence-corrected chi connectivity index (χ1v) is 6.52. The van der Waals surface area contributed by atoms with Gasteiger partial charge in [0.1, 0.15) is 0 Å². The maximum atomic E-state index is 11.8. The van der Waals surface area contributed by atoms with Crippen LogP contribution in [0, 0.1) is 0 Å². The molecule has 0 fully saturated rings. The number of carbonyl (C=O) groups excluding carboxylic acids is 1. The average molecular weight is 321 g/mol. The number of ether oxygens (including phenoxy) is 1. The van der Waals surface area contributed by atoms with Crippen LogP contribution in [0.1, 0.15) is 24.2 Å². The predicted octanol–water partition coefficient (Wildman–Crippen LogP) is 3.26. The van der Waals surface area contributed by atoms with E-state index in [4.69, 9.17) is 16.3 Å². The predicted molar refractivity (Wildman–Crippen MR) is 72.6 cm³/mol. The van der Waals surface area contributed by atoms with Crippen molar-refractivity contribution in [2.45, 2.75) is 20.0 Å². The third-order valence-electron chi connectivity index (χ3n) is 2.01. The quantitative estimate of drug-likeness (QED) is 0.846. The summed E-state index contributed by atoms with van der Waals surface area (Å²) in [6, 6.07) is 5.07. The molecule has 0 aliphatic heterocycles. The zero-order valence-corrected chi connectivity index (χ0v) is 12.1. The Balaban J connectivity index is 2.47. The molecular weight excluding hydrogens is 305 g/mol. The monoisotopic (exact) mass is 319 g/mol. The number of carbonyl (C=O) groups is 1. The average Bonchev–Trinajstić information content (AvgIpc) is 2.23. The van der Waals surface area contributed by atoms with E-state index in [2.05, 4.69) is 21.2 Å². The minimum absolute atomic E-state index is 0.138. The molecule has 0 atom stereocenters. The summed E-state index contributed by atoms with van der Waals surface area (Å²) in [7, 11) is 0. The van der Waals surface area contributed by atoms with Gasteiger partial charge in [0.05, 0.1) is 18.3 Å². The Kier molecular flexibility index (Phi) is 5.95. The lowest BCUT2D eigenvalue weighted by Gasteiger charge is -2.09. The van der Waals surface area contributed by atoms with Crippen LogP contribution < -0.4 is 5.32 Å². The van der Waals surface area contributed by atoms with Crippen LogP contribution in [-0.4, -0.2) is 25.2 Å². The minimum atomic E-state index is -0.138. The first-order chi connectivity index (χ1) is 8.00. The molecule has 0 heterocycles. The van der Waals surface area contributed by atoms with Gasteiger partial charge in [-0.3, -0.25) is 4.79 Å². The van der Waals surface area contributed by atoms with Gasteiger partial charge in [-0.1, -0.05) is 11.6 Å². The van der Waals surface area contributed by atoms with Crippen molar-refractivity contribution in [3.8, 4) is 0 Å². The molecule has 94 valence electrons. The Morgan fingerprint density at radius 1 is 1.53 bits per heavy atom. The topological polar surface area (TPSA) is 38.3 Å². The van der Waals surface area contributed by atoms with E-state index in [1.807, 2.05) is 13.8 Å². The Bertz CT molecular complexity index is 396. The van der Waals surface area contributed by atoms with Crippen molar-refractivity contribution in [1.82, 2.24) is 5.32 Å². The molecule has 0 bridgehead atoms. The molecule has 0 unspecified atom stereocenters. The number of hydrogen-bond acceptors (Lipinski definition) is 2. The van der Waals surface area contributed by atoms with E-state index >= 15 is 0 Å². The summed E-state index contributed by atoms with van der Waals surface area (Å²) in [5.41, 5.74) is 0.568. The van der Waals surface area contributed by atoms with Crippen LogP contribution in [0.5, 0.6) is 0 Å². The molecule has 1 amide bonds. The van der Waals surface area contributed by atoms with Gasteiger partial charge in [0.25, 0.3) is 5.91 Å². The van der Waals surface area contributed by atoms with Gasteiger partial charge in [-0.25, -0.2) is 0 Å². The molecule has 1 aromatic carbocycles. The standard InChI is InChI=1S/C12H15BrClNO2/c1-8(2)17-6-5-15-12(16)10-4-3-9(14)7-11(10)13/h3-4,7-8H,5-6H2,1-2H3,(H,15,16). The second kappa shape index (κ2) is 6.99. The molecular formula is C12H15BrClNO2. The first kappa shape index (κ1) is 14.5. The van der Waals surface area contributed by atoms with E-state index in [-0.39, 0.29) is 12.0 Å². The summed E-state index contributed by atoms with van der Waals surface area (Å²) < 4.78 is 6.02. The fraction of sp³-hybridized carbons (Fsp3) is 0.417. The van der Waals surface area contributed by atoms with Crippen molar-refractivity contribution < 1.29 is 9.53 Å². The lowest BCUT2D eigenvalue weighted by atomic mass is 10.2. The Labute approximate surface area is 115 Å².